The maximum Gasteiger partial charge on any atom is 0.178 e. The predicted molar refractivity (Wildman–Crippen MR) is 54.2 cm³/mol. The lowest BCUT2D eigenvalue weighted by atomic mass is 10.3. The summed E-state index contributed by atoms with van der Waals surface area (Å²) in [4.78, 5) is 11.6. The molecule has 3 N–H and O–H groups in total. The zero-order valence-corrected chi connectivity index (χ0v) is 8.72. The van der Waals surface area contributed by atoms with Gasteiger partial charge in [0.1, 0.15) is 5.82 Å². The summed E-state index contributed by atoms with van der Waals surface area (Å²) in [6.45, 7) is 2.34. The lowest BCUT2D eigenvalue weighted by Crippen LogP contribution is -1.97. The first-order valence-corrected chi connectivity index (χ1v) is 4.72. The van der Waals surface area contributed by atoms with E-state index in [0.29, 0.717) is 6.54 Å². The molecule has 0 aromatic carbocycles. The van der Waals surface area contributed by atoms with Gasteiger partial charge in [-0.3, -0.25) is 0 Å². The molecule has 0 aliphatic rings. The molecule has 5 heteroatoms. The number of nitrogens with two attached hydrogens (primary N) is 1. The number of fused-ring (bicyclic) bond motifs is 1. The number of pyridine rings is 1. The Balaban J connectivity index is 2.70. The molecule has 4 nitrogen and oxygen atoms in total. The van der Waals surface area contributed by atoms with Crippen molar-refractivity contribution in [2.45, 2.75) is 13.5 Å². The summed E-state index contributed by atoms with van der Waals surface area (Å²) in [6.07, 6.45) is 0. The fourth-order valence-electron chi connectivity index (χ4n) is 1.15. The predicted octanol–water partition coefficient (Wildman–Crippen LogP) is 1.49. The molecule has 2 rings (SSSR count). The number of aromatic nitrogens is 3. The fourth-order valence-corrected chi connectivity index (χ4v) is 1.47. The molecule has 0 aliphatic heterocycles. The standard InChI is InChI=1S/C8H9BrN4/c1-4-5(9)2-6-8(11-4)13-7(3-10)12-6/h2H,3,10H2,1H3,(H,11,12,13). The number of imidazole rings is 1. The maximum absolute atomic E-state index is 5.46. The third-order valence-electron chi connectivity index (χ3n) is 1.84. The molecule has 13 heavy (non-hydrogen) atoms. The molecule has 0 spiro atoms. The van der Waals surface area contributed by atoms with E-state index in [1.165, 1.54) is 0 Å². The van der Waals surface area contributed by atoms with Gasteiger partial charge in [-0.2, -0.15) is 0 Å². The molecule has 2 aromatic heterocycles. The van der Waals surface area contributed by atoms with Crippen LogP contribution in [0, 0.1) is 6.92 Å². The van der Waals surface area contributed by atoms with Crippen molar-refractivity contribution in [2.75, 3.05) is 0 Å². The molecular weight excluding hydrogens is 232 g/mol. The normalized spacial score (nSPS) is 11.0. The molecule has 2 heterocycles. The van der Waals surface area contributed by atoms with E-state index in [9.17, 15) is 0 Å². The number of nitrogens with zero attached hydrogens (tertiary/aromatic N) is 2. The Morgan fingerprint density at radius 3 is 3.00 bits per heavy atom. The van der Waals surface area contributed by atoms with E-state index in [2.05, 4.69) is 30.9 Å². The van der Waals surface area contributed by atoms with E-state index < -0.39 is 0 Å². The minimum Gasteiger partial charge on any atom is -0.339 e. The summed E-state index contributed by atoms with van der Waals surface area (Å²) in [5, 5.41) is 0. The van der Waals surface area contributed by atoms with Crippen LogP contribution in [0.2, 0.25) is 0 Å². The van der Waals surface area contributed by atoms with Gasteiger partial charge in [-0.1, -0.05) is 0 Å². The highest BCUT2D eigenvalue weighted by Gasteiger charge is 2.04. The van der Waals surface area contributed by atoms with Gasteiger partial charge in [0.25, 0.3) is 0 Å². The Morgan fingerprint density at radius 1 is 1.54 bits per heavy atom. The lowest BCUT2D eigenvalue weighted by molar-refractivity contribution is 0.956. The van der Waals surface area contributed by atoms with E-state index in [1.54, 1.807) is 0 Å². The second-order valence-corrected chi connectivity index (χ2v) is 3.67. The van der Waals surface area contributed by atoms with Crippen molar-refractivity contribution in [3.05, 3.63) is 22.1 Å². The number of hydrogen-bond acceptors (Lipinski definition) is 3. The average Bonchev–Trinajstić information content (AvgIpc) is 2.48. The highest BCUT2D eigenvalue weighted by Crippen LogP contribution is 2.18. The van der Waals surface area contributed by atoms with E-state index in [-0.39, 0.29) is 0 Å². The Kier molecular flexibility index (Phi) is 2.05. The SMILES string of the molecule is Cc1nc2nc(CN)[nH]c2cc1Br. The second-order valence-electron chi connectivity index (χ2n) is 2.81. The third-order valence-corrected chi connectivity index (χ3v) is 2.65. The van der Waals surface area contributed by atoms with Gasteiger partial charge in [0.15, 0.2) is 5.65 Å². The van der Waals surface area contributed by atoms with Crippen molar-refractivity contribution in [2.24, 2.45) is 5.73 Å². The summed E-state index contributed by atoms with van der Waals surface area (Å²) >= 11 is 3.41. The molecule has 0 atom stereocenters. The van der Waals surface area contributed by atoms with Crippen LogP contribution in [0.3, 0.4) is 0 Å². The van der Waals surface area contributed by atoms with Gasteiger partial charge in [-0.15, -0.1) is 0 Å². The number of nitrogens with one attached hydrogen (secondary N) is 1. The summed E-state index contributed by atoms with van der Waals surface area (Å²) < 4.78 is 0.979. The molecule has 0 unspecified atom stereocenters. The van der Waals surface area contributed by atoms with Crippen molar-refractivity contribution in [3.8, 4) is 0 Å². The zero-order valence-electron chi connectivity index (χ0n) is 7.13. The Morgan fingerprint density at radius 2 is 2.31 bits per heavy atom. The van der Waals surface area contributed by atoms with Crippen LogP contribution in [-0.2, 0) is 6.54 Å². The molecule has 0 amide bonds. The quantitative estimate of drug-likeness (QED) is 0.794. The van der Waals surface area contributed by atoms with Crippen LogP contribution < -0.4 is 5.73 Å². The van der Waals surface area contributed by atoms with Crippen LogP contribution >= 0.6 is 15.9 Å². The Hall–Kier alpha value is -0.940. The molecule has 0 saturated heterocycles. The van der Waals surface area contributed by atoms with Crippen LogP contribution in [0.15, 0.2) is 10.5 Å². The monoisotopic (exact) mass is 240 g/mol. The van der Waals surface area contributed by atoms with Crippen molar-refractivity contribution in [1.82, 2.24) is 15.0 Å². The number of rotatable bonds is 1. The smallest absolute Gasteiger partial charge is 0.178 e. The summed E-state index contributed by atoms with van der Waals surface area (Å²) in [7, 11) is 0. The van der Waals surface area contributed by atoms with Crippen molar-refractivity contribution >= 4 is 27.1 Å². The molecule has 2 aromatic rings. The average molecular weight is 241 g/mol. The number of aromatic amines is 1. The topological polar surface area (TPSA) is 67.6 Å². The van der Waals surface area contributed by atoms with Gasteiger partial charge in [-0.05, 0) is 28.9 Å². The lowest BCUT2D eigenvalue weighted by Gasteiger charge is -1.94. The van der Waals surface area contributed by atoms with E-state index in [1.807, 2.05) is 13.0 Å². The van der Waals surface area contributed by atoms with Crippen molar-refractivity contribution < 1.29 is 0 Å². The van der Waals surface area contributed by atoms with Crippen LogP contribution in [0.5, 0.6) is 0 Å². The molecule has 0 fully saturated rings. The van der Waals surface area contributed by atoms with Crippen LogP contribution in [0.25, 0.3) is 11.2 Å². The van der Waals surface area contributed by atoms with E-state index >= 15 is 0 Å². The summed E-state index contributed by atoms with van der Waals surface area (Å²) in [5.74, 6) is 0.764. The summed E-state index contributed by atoms with van der Waals surface area (Å²) in [5.41, 5.74) is 8.03. The maximum atomic E-state index is 5.46. The van der Waals surface area contributed by atoms with Gasteiger partial charge in [-0.25, -0.2) is 9.97 Å². The van der Waals surface area contributed by atoms with Crippen LogP contribution in [-0.4, -0.2) is 15.0 Å². The van der Waals surface area contributed by atoms with Gasteiger partial charge in [0, 0.05) is 4.47 Å². The van der Waals surface area contributed by atoms with Crippen LogP contribution in [0.4, 0.5) is 0 Å². The van der Waals surface area contributed by atoms with Gasteiger partial charge in [0.2, 0.25) is 0 Å². The first-order valence-electron chi connectivity index (χ1n) is 3.92. The first-order chi connectivity index (χ1) is 6.20. The fraction of sp³-hybridized carbons (Fsp3) is 0.250. The van der Waals surface area contributed by atoms with E-state index in [4.69, 9.17) is 5.73 Å². The van der Waals surface area contributed by atoms with Gasteiger partial charge < -0.3 is 10.7 Å². The van der Waals surface area contributed by atoms with Gasteiger partial charge >= 0.3 is 0 Å². The number of aryl methyl sites for hydroxylation is 1. The van der Waals surface area contributed by atoms with Crippen molar-refractivity contribution in [3.63, 3.8) is 0 Å². The van der Waals surface area contributed by atoms with Crippen LogP contribution in [0.1, 0.15) is 11.5 Å². The number of hydrogen-bond donors (Lipinski definition) is 2. The third kappa shape index (κ3) is 1.45. The molecule has 0 radical (unpaired) electrons. The minimum atomic E-state index is 0.410. The molecular formula is C8H9BrN4. The number of halogens is 1. The second kappa shape index (κ2) is 3.08. The van der Waals surface area contributed by atoms with Gasteiger partial charge in [0.05, 0.1) is 17.8 Å². The summed E-state index contributed by atoms with van der Waals surface area (Å²) in [6, 6.07) is 1.96. The Bertz CT molecular complexity index is 410. The molecule has 0 aliphatic carbocycles. The zero-order chi connectivity index (χ0) is 9.42. The van der Waals surface area contributed by atoms with Crippen molar-refractivity contribution in [1.29, 1.82) is 0 Å². The highest BCUT2D eigenvalue weighted by molar-refractivity contribution is 9.10. The molecule has 0 bridgehead atoms. The minimum absolute atomic E-state index is 0.410. The Labute approximate surface area is 83.7 Å². The molecule has 0 saturated carbocycles. The molecule has 68 valence electrons. The largest absolute Gasteiger partial charge is 0.339 e. The highest BCUT2D eigenvalue weighted by atomic mass is 79.9. The number of H-pyrrole nitrogens is 1. The van der Waals surface area contributed by atoms with E-state index in [0.717, 1.165) is 27.2 Å². The first kappa shape index (κ1) is 8.65.